The molecular formula is C10H10F2O2. The van der Waals surface area contributed by atoms with Crippen LogP contribution in [-0.4, -0.2) is 13.1 Å². The summed E-state index contributed by atoms with van der Waals surface area (Å²) >= 11 is 0. The second-order valence-electron chi connectivity index (χ2n) is 2.73. The first kappa shape index (κ1) is 10.6. The lowest BCUT2D eigenvalue weighted by atomic mass is 10.0. The van der Waals surface area contributed by atoms with Crippen LogP contribution in [0, 0.1) is 11.6 Å². The highest BCUT2D eigenvalue weighted by molar-refractivity contribution is 5.91. The molecule has 1 rings (SSSR count). The fourth-order valence-electron chi connectivity index (χ4n) is 1.24. The van der Waals surface area contributed by atoms with Gasteiger partial charge in [0.15, 0.2) is 11.6 Å². The molecule has 0 heterocycles. The van der Waals surface area contributed by atoms with Crippen LogP contribution in [0.5, 0.6) is 0 Å². The second-order valence-corrected chi connectivity index (χ2v) is 2.73. The maximum Gasteiger partial charge on any atom is 0.338 e. The quantitative estimate of drug-likeness (QED) is 0.685. The Morgan fingerprint density at radius 1 is 1.43 bits per heavy atom. The van der Waals surface area contributed by atoms with E-state index in [-0.39, 0.29) is 17.5 Å². The normalized spacial score (nSPS) is 10.0. The van der Waals surface area contributed by atoms with Crippen LogP contribution >= 0.6 is 0 Å². The molecule has 14 heavy (non-hydrogen) atoms. The van der Waals surface area contributed by atoms with Gasteiger partial charge in [-0.15, -0.1) is 0 Å². The maximum atomic E-state index is 13.2. The van der Waals surface area contributed by atoms with Crippen molar-refractivity contribution in [3.8, 4) is 0 Å². The molecule has 1 aromatic rings. The third-order valence-corrected chi connectivity index (χ3v) is 1.95. The number of benzene rings is 1. The minimum atomic E-state index is -0.976. The van der Waals surface area contributed by atoms with Gasteiger partial charge >= 0.3 is 5.97 Å². The van der Waals surface area contributed by atoms with Gasteiger partial charge in [0, 0.05) is 5.56 Å². The largest absolute Gasteiger partial charge is 0.465 e. The Morgan fingerprint density at radius 2 is 2.07 bits per heavy atom. The highest BCUT2D eigenvalue weighted by Crippen LogP contribution is 2.18. The van der Waals surface area contributed by atoms with Gasteiger partial charge in [0.05, 0.1) is 12.7 Å². The van der Waals surface area contributed by atoms with Crippen LogP contribution in [0.2, 0.25) is 0 Å². The Labute approximate surface area is 80.5 Å². The molecule has 0 aromatic heterocycles. The van der Waals surface area contributed by atoms with Gasteiger partial charge in [-0.05, 0) is 18.6 Å². The summed E-state index contributed by atoms with van der Waals surface area (Å²) in [6.45, 7) is 1.64. The van der Waals surface area contributed by atoms with Crippen molar-refractivity contribution in [1.29, 1.82) is 0 Å². The number of carbonyl (C=O) groups excluding carboxylic acids is 1. The molecular weight excluding hydrogens is 190 g/mol. The predicted molar refractivity (Wildman–Crippen MR) is 47.1 cm³/mol. The van der Waals surface area contributed by atoms with Crippen molar-refractivity contribution >= 4 is 5.97 Å². The lowest BCUT2D eigenvalue weighted by Crippen LogP contribution is -2.08. The third kappa shape index (κ3) is 1.73. The average Bonchev–Trinajstić information content (AvgIpc) is 2.20. The minimum Gasteiger partial charge on any atom is -0.465 e. The van der Waals surface area contributed by atoms with Gasteiger partial charge in [0.25, 0.3) is 0 Å². The van der Waals surface area contributed by atoms with Crippen molar-refractivity contribution in [3.63, 3.8) is 0 Å². The lowest BCUT2D eigenvalue weighted by molar-refractivity contribution is 0.0598. The van der Waals surface area contributed by atoms with E-state index in [0.29, 0.717) is 0 Å². The van der Waals surface area contributed by atoms with Crippen LogP contribution < -0.4 is 0 Å². The highest BCUT2D eigenvalue weighted by Gasteiger charge is 2.17. The standard InChI is InChI=1S/C10H10F2O2/c1-3-6-7(10(13)14-2)4-5-8(11)9(6)12/h4-5H,3H2,1-2H3. The van der Waals surface area contributed by atoms with Gasteiger partial charge in [-0.1, -0.05) is 6.92 Å². The fourth-order valence-corrected chi connectivity index (χ4v) is 1.24. The van der Waals surface area contributed by atoms with Crippen LogP contribution in [0.25, 0.3) is 0 Å². The lowest BCUT2D eigenvalue weighted by Gasteiger charge is -2.07. The molecule has 1 aromatic carbocycles. The summed E-state index contributed by atoms with van der Waals surface area (Å²) < 4.78 is 30.4. The van der Waals surface area contributed by atoms with E-state index >= 15 is 0 Å². The molecule has 0 spiro atoms. The van der Waals surface area contributed by atoms with Crippen molar-refractivity contribution < 1.29 is 18.3 Å². The summed E-state index contributed by atoms with van der Waals surface area (Å²) in [7, 11) is 1.20. The number of esters is 1. The van der Waals surface area contributed by atoms with Crippen LogP contribution in [0.15, 0.2) is 12.1 Å². The number of halogens is 2. The van der Waals surface area contributed by atoms with E-state index in [9.17, 15) is 13.6 Å². The number of ether oxygens (including phenoxy) is 1. The molecule has 0 aliphatic rings. The molecule has 0 saturated heterocycles. The Balaban J connectivity index is 3.31. The van der Waals surface area contributed by atoms with E-state index in [1.807, 2.05) is 0 Å². The van der Waals surface area contributed by atoms with Crippen molar-refractivity contribution in [2.24, 2.45) is 0 Å². The number of methoxy groups -OCH3 is 1. The summed E-state index contributed by atoms with van der Waals surface area (Å²) in [5.41, 5.74) is 0.130. The van der Waals surface area contributed by atoms with Gasteiger partial charge in [0.2, 0.25) is 0 Å². The van der Waals surface area contributed by atoms with E-state index in [4.69, 9.17) is 0 Å². The first-order valence-electron chi connectivity index (χ1n) is 4.17. The zero-order valence-corrected chi connectivity index (χ0v) is 7.93. The second kappa shape index (κ2) is 4.17. The summed E-state index contributed by atoms with van der Waals surface area (Å²) in [5.74, 6) is -2.58. The first-order chi connectivity index (χ1) is 6.61. The zero-order valence-electron chi connectivity index (χ0n) is 7.93. The molecule has 0 amide bonds. The van der Waals surface area contributed by atoms with Gasteiger partial charge in [-0.25, -0.2) is 13.6 Å². The summed E-state index contributed by atoms with van der Waals surface area (Å²) in [6.07, 6.45) is 0.244. The first-order valence-corrected chi connectivity index (χ1v) is 4.17. The summed E-state index contributed by atoms with van der Waals surface area (Å²) in [6, 6.07) is 2.14. The van der Waals surface area contributed by atoms with Gasteiger partial charge in [-0.3, -0.25) is 0 Å². The molecule has 0 bridgehead atoms. The van der Waals surface area contributed by atoms with Crippen LogP contribution in [0.1, 0.15) is 22.8 Å². The summed E-state index contributed by atoms with van der Waals surface area (Å²) in [4.78, 5) is 11.1. The topological polar surface area (TPSA) is 26.3 Å². The number of hydrogen-bond donors (Lipinski definition) is 0. The monoisotopic (exact) mass is 200 g/mol. The Morgan fingerprint density at radius 3 is 2.57 bits per heavy atom. The molecule has 0 N–H and O–H groups in total. The molecule has 0 aliphatic heterocycles. The van der Waals surface area contributed by atoms with E-state index in [1.54, 1.807) is 6.92 Å². The van der Waals surface area contributed by atoms with E-state index in [1.165, 1.54) is 13.2 Å². The zero-order chi connectivity index (χ0) is 10.7. The molecule has 76 valence electrons. The maximum absolute atomic E-state index is 13.2. The number of hydrogen-bond acceptors (Lipinski definition) is 2. The smallest absolute Gasteiger partial charge is 0.338 e. The molecule has 0 saturated carbocycles. The van der Waals surface area contributed by atoms with E-state index in [2.05, 4.69) is 4.74 Å². The van der Waals surface area contributed by atoms with Crippen LogP contribution in [0.4, 0.5) is 8.78 Å². The Hall–Kier alpha value is -1.45. The predicted octanol–water partition coefficient (Wildman–Crippen LogP) is 2.31. The molecule has 0 radical (unpaired) electrons. The minimum absolute atomic E-state index is 0.0526. The van der Waals surface area contributed by atoms with Crippen LogP contribution in [-0.2, 0) is 11.2 Å². The fraction of sp³-hybridized carbons (Fsp3) is 0.300. The van der Waals surface area contributed by atoms with Gasteiger partial charge < -0.3 is 4.74 Å². The highest BCUT2D eigenvalue weighted by atomic mass is 19.2. The van der Waals surface area contributed by atoms with Crippen molar-refractivity contribution in [3.05, 3.63) is 34.9 Å². The van der Waals surface area contributed by atoms with E-state index < -0.39 is 17.6 Å². The molecule has 0 unspecified atom stereocenters. The van der Waals surface area contributed by atoms with Crippen LogP contribution in [0.3, 0.4) is 0 Å². The average molecular weight is 200 g/mol. The van der Waals surface area contributed by atoms with Gasteiger partial charge in [0.1, 0.15) is 0 Å². The van der Waals surface area contributed by atoms with Crippen molar-refractivity contribution in [2.45, 2.75) is 13.3 Å². The Bertz CT molecular complexity index is 361. The number of carbonyl (C=O) groups is 1. The van der Waals surface area contributed by atoms with Crippen molar-refractivity contribution in [2.75, 3.05) is 7.11 Å². The van der Waals surface area contributed by atoms with Crippen molar-refractivity contribution in [1.82, 2.24) is 0 Å². The van der Waals surface area contributed by atoms with Gasteiger partial charge in [-0.2, -0.15) is 0 Å². The summed E-state index contributed by atoms with van der Waals surface area (Å²) in [5, 5.41) is 0. The number of rotatable bonds is 2. The molecule has 0 aliphatic carbocycles. The molecule has 4 heteroatoms. The SMILES string of the molecule is CCc1c(C(=O)OC)ccc(F)c1F. The molecule has 0 atom stereocenters. The molecule has 2 nitrogen and oxygen atoms in total. The van der Waals surface area contributed by atoms with E-state index in [0.717, 1.165) is 6.07 Å². The Kier molecular flexibility index (Phi) is 3.17. The third-order valence-electron chi connectivity index (χ3n) is 1.95. The molecule has 0 fully saturated rings.